The molecule has 0 atom stereocenters. The van der Waals surface area contributed by atoms with E-state index in [4.69, 9.17) is 9.52 Å². The molecule has 0 aromatic carbocycles. The quantitative estimate of drug-likeness (QED) is 0.689. The average molecular weight is 226 g/mol. The summed E-state index contributed by atoms with van der Waals surface area (Å²) in [7, 11) is 0. The van der Waals surface area contributed by atoms with Crippen molar-refractivity contribution < 1.29 is 19.1 Å². The van der Waals surface area contributed by atoms with Crippen molar-refractivity contribution in [2.24, 2.45) is 0 Å². The molecule has 88 valence electrons. The highest BCUT2D eigenvalue weighted by atomic mass is 16.4. The van der Waals surface area contributed by atoms with Gasteiger partial charge in [-0.3, -0.25) is 9.59 Å². The largest absolute Gasteiger partial charge is 0.481 e. The number of carbonyl (C=O) groups excluding carboxylic acids is 1. The van der Waals surface area contributed by atoms with Crippen molar-refractivity contribution in [2.45, 2.75) is 26.2 Å². The van der Waals surface area contributed by atoms with Gasteiger partial charge < -0.3 is 14.8 Å². The van der Waals surface area contributed by atoms with Gasteiger partial charge in [-0.25, -0.2) is 4.98 Å². The zero-order valence-corrected chi connectivity index (χ0v) is 9.02. The summed E-state index contributed by atoms with van der Waals surface area (Å²) < 4.78 is 5.13. The third-order valence-electron chi connectivity index (χ3n) is 1.87. The van der Waals surface area contributed by atoms with Crippen LogP contribution < -0.4 is 5.32 Å². The molecule has 1 rings (SSSR count). The highest BCUT2D eigenvalue weighted by Gasteiger charge is 2.07. The predicted molar refractivity (Wildman–Crippen MR) is 54.8 cm³/mol. The van der Waals surface area contributed by atoms with Crippen LogP contribution in [0.5, 0.6) is 0 Å². The van der Waals surface area contributed by atoms with Gasteiger partial charge >= 0.3 is 5.97 Å². The predicted octanol–water partition coefficient (Wildman–Crippen LogP) is 0.507. The highest BCUT2D eigenvalue weighted by Crippen LogP contribution is 2.01. The summed E-state index contributed by atoms with van der Waals surface area (Å²) >= 11 is 0. The first-order valence-electron chi connectivity index (χ1n) is 4.97. The Morgan fingerprint density at radius 1 is 1.56 bits per heavy atom. The van der Waals surface area contributed by atoms with Gasteiger partial charge in [-0.1, -0.05) is 0 Å². The number of oxazole rings is 1. The van der Waals surface area contributed by atoms with Crippen LogP contribution >= 0.6 is 0 Å². The van der Waals surface area contributed by atoms with Gasteiger partial charge in [-0.05, 0) is 13.3 Å². The van der Waals surface area contributed by atoms with Gasteiger partial charge in [0.25, 0.3) is 0 Å². The SMILES string of the molecule is Cc1cnc(CC(=O)NCCCC(=O)O)o1. The molecule has 0 bridgehead atoms. The smallest absolute Gasteiger partial charge is 0.303 e. The van der Waals surface area contributed by atoms with E-state index >= 15 is 0 Å². The lowest BCUT2D eigenvalue weighted by Gasteiger charge is -2.01. The van der Waals surface area contributed by atoms with E-state index in [1.165, 1.54) is 0 Å². The Morgan fingerprint density at radius 2 is 2.31 bits per heavy atom. The molecular formula is C10H14N2O4. The second-order valence-electron chi connectivity index (χ2n) is 3.39. The van der Waals surface area contributed by atoms with Gasteiger partial charge in [-0.15, -0.1) is 0 Å². The fourth-order valence-electron chi connectivity index (χ4n) is 1.15. The second kappa shape index (κ2) is 5.89. The van der Waals surface area contributed by atoms with Crippen molar-refractivity contribution in [3.8, 4) is 0 Å². The third kappa shape index (κ3) is 4.59. The Kier molecular flexibility index (Phi) is 4.50. The molecule has 6 heteroatoms. The molecule has 0 unspecified atom stereocenters. The number of nitrogens with one attached hydrogen (secondary N) is 1. The molecule has 0 aliphatic carbocycles. The summed E-state index contributed by atoms with van der Waals surface area (Å²) in [5.41, 5.74) is 0. The number of carbonyl (C=O) groups is 2. The Hall–Kier alpha value is -1.85. The Balaban J connectivity index is 2.18. The summed E-state index contributed by atoms with van der Waals surface area (Å²) in [4.78, 5) is 25.4. The molecule has 1 aromatic heterocycles. The Bertz CT molecular complexity index is 373. The lowest BCUT2D eigenvalue weighted by molar-refractivity contribution is -0.137. The van der Waals surface area contributed by atoms with Crippen molar-refractivity contribution in [1.82, 2.24) is 10.3 Å². The van der Waals surface area contributed by atoms with Crippen molar-refractivity contribution in [3.05, 3.63) is 17.8 Å². The number of carboxylic acids is 1. The molecule has 0 saturated carbocycles. The Morgan fingerprint density at radius 3 is 2.88 bits per heavy atom. The van der Waals surface area contributed by atoms with Gasteiger partial charge in [0.15, 0.2) is 0 Å². The molecule has 2 N–H and O–H groups in total. The van der Waals surface area contributed by atoms with Gasteiger partial charge in [-0.2, -0.15) is 0 Å². The molecule has 1 heterocycles. The Labute approximate surface area is 92.7 Å². The lowest BCUT2D eigenvalue weighted by atomic mass is 10.3. The molecular weight excluding hydrogens is 212 g/mol. The van der Waals surface area contributed by atoms with Crippen LogP contribution in [-0.4, -0.2) is 28.5 Å². The standard InChI is InChI=1S/C10H14N2O4/c1-7-6-12-9(16-7)5-8(13)11-4-2-3-10(14)15/h6H,2-5H2,1H3,(H,11,13)(H,14,15). The molecule has 0 spiro atoms. The molecule has 0 fully saturated rings. The van der Waals surface area contributed by atoms with E-state index in [0.717, 1.165) is 0 Å². The number of hydrogen-bond donors (Lipinski definition) is 2. The summed E-state index contributed by atoms with van der Waals surface area (Å²) in [6, 6.07) is 0. The maximum Gasteiger partial charge on any atom is 0.303 e. The van der Waals surface area contributed by atoms with E-state index in [1.807, 2.05) is 0 Å². The van der Waals surface area contributed by atoms with Crippen LogP contribution in [0.25, 0.3) is 0 Å². The van der Waals surface area contributed by atoms with E-state index in [1.54, 1.807) is 13.1 Å². The molecule has 1 amide bonds. The van der Waals surface area contributed by atoms with Crippen molar-refractivity contribution in [3.63, 3.8) is 0 Å². The van der Waals surface area contributed by atoms with Crippen LogP contribution in [0, 0.1) is 6.92 Å². The van der Waals surface area contributed by atoms with Gasteiger partial charge in [0.1, 0.15) is 12.2 Å². The first kappa shape index (κ1) is 12.2. The molecule has 0 saturated heterocycles. The lowest BCUT2D eigenvalue weighted by Crippen LogP contribution is -2.26. The van der Waals surface area contributed by atoms with Crippen molar-refractivity contribution in [2.75, 3.05) is 6.54 Å². The van der Waals surface area contributed by atoms with Crippen LogP contribution in [0.15, 0.2) is 10.6 Å². The molecule has 16 heavy (non-hydrogen) atoms. The fourth-order valence-corrected chi connectivity index (χ4v) is 1.15. The summed E-state index contributed by atoms with van der Waals surface area (Å²) in [6.45, 7) is 2.10. The van der Waals surface area contributed by atoms with Crippen LogP contribution in [0.2, 0.25) is 0 Å². The van der Waals surface area contributed by atoms with Crippen LogP contribution in [0.4, 0.5) is 0 Å². The van der Waals surface area contributed by atoms with Crippen molar-refractivity contribution in [1.29, 1.82) is 0 Å². The zero-order valence-electron chi connectivity index (χ0n) is 9.02. The monoisotopic (exact) mass is 226 g/mol. The maximum absolute atomic E-state index is 11.3. The van der Waals surface area contributed by atoms with Gasteiger partial charge in [0.2, 0.25) is 11.8 Å². The minimum absolute atomic E-state index is 0.0540. The number of rotatable bonds is 6. The van der Waals surface area contributed by atoms with E-state index in [0.29, 0.717) is 24.6 Å². The third-order valence-corrected chi connectivity index (χ3v) is 1.87. The highest BCUT2D eigenvalue weighted by molar-refractivity contribution is 5.77. The van der Waals surface area contributed by atoms with E-state index in [9.17, 15) is 9.59 Å². The summed E-state index contributed by atoms with van der Waals surface area (Å²) in [6.07, 6.45) is 2.11. The maximum atomic E-state index is 11.3. The number of aryl methyl sites for hydroxylation is 1. The number of nitrogens with zero attached hydrogens (tertiary/aromatic N) is 1. The molecule has 0 aliphatic rings. The summed E-state index contributed by atoms with van der Waals surface area (Å²) in [5.74, 6) is -0.0493. The first-order chi connectivity index (χ1) is 7.58. The molecule has 1 aromatic rings. The number of amides is 1. The number of aliphatic carboxylic acids is 1. The van der Waals surface area contributed by atoms with Crippen LogP contribution in [-0.2, 0) is 16.0 Å². The van der Waals surface area contributed by atoms with E-state index < -0.39 is 5.97 Å². The van der Waals surface area contributed by atoms with Crippen LogP contribution in [0.1, 0.15) is 24.5 Å². The molecule has 6 nitrogen and oxygen atoms in total. The fraction of sp³-hybridized carbons (Fsp3) is 0.500. The molecule has 0 radical (unpaired) electrons. The summed E-state index contributed by atoms with van der Waals surface area (Å²) in [5, 5.41) is 11.0. The minimum atomic E-state index is -0.863. The van der Waals surface area contributed by atoms with Crippen LogP contribution in [0.3, 0.4) is 0 Å². The number of hydrogen-bond acceptors (Lipinski definition) is 4. The number of carboxylic acid groups (broad SMARTS) is 1. The second-order valence-corrected chi connectivity index (χ2v) is 3.39. The van der Waals surface area contributed by atoms with Gasteiger partial charge in [0.05, 0.1) is 6.20 Å². The van der Waals surface area contributed by atoms with E-state index in [-0.39, 0.29) is 18.7 Å². The first-order valence-corrected chi connectivity index (χ1v) is 4.97. The minimum Gasteiger partial charge on any atom is -0.481 e. The topological polar surface area (TPSA) is 92.4 Å². The van der Waals surface area contributed by atoms with Gasteiger partial charge in [0, 0.05) is 13.0 Å². The van der Waals surface area contributed by atoms with E-state index in [2.05, 4.69) is 10.3 Å². The average Bonchev–Trinajstić information content (AvgIpc) is 2.58. The number of aromatic nitrogens is 1. The molecule has 0 aliphatic heterocycles. The normalized spacial score (nSPS) is 10.1. The zero-order chi connectivity index (χ0) is 12.0. The van der Waals surface area contributed by atoms with Crippen molar-refractivity contribution >= 4 is 11.9 Å².